The van der Waals surface area contributed by atoms with Crippen molar-refractivity contribution in [3.8, 4) is 11.5 Å². The number of nitro benzene ring substituents is 1. The molecule has 0 atom stereocenters. The van der Waals surface area contributed by atoms with Crippen LogP contribution in [0.4, 0.5) is 11.7 Å². The second-order valence-corrected chi connectivity index (χ2v) is 4.92. The van der Waals surface area contributed by atoms with Crippen molar-refractivity contribution in [2.45, 2.75) is 0 Å². The molecule has 21 heavy (non-hydrogen) atoms. The van der Waals surface area contributed by atoms with Gasteiger partial charge in [0.2, 0.25) is 11.8 Å². The quantitative estimate of drug-likeness (QED) is 0.673. The topological polar surface area (TPSA) is 124 Å². The van der Waals surface area contributed by atoms with Crippen LogP contribution in [-0.2, 0) is 4.79 Å². The minimum absolute atomic E-state index is 0.0267. The molecule has 0 spiro atoms. The summed E-state index contributed by atoms with van der Waals surface area (Å²) in [5.41, 5.74) is 0.350. The van der Waals surface area contributed by atoms with Crippen molar-refractivity contribution >= 4 is 34.5 Å². The Morgan fingerprint density at radius 3 is 3.00 bits per heavy atom. The van der Waals surface area contributed by atoms with Gasteiger partial charge in [-0.2, -0.15) is 4.99 Å². The van der Waals surface area contributed by atoms with Gasteiger partial charge in [0.15, 0.2) is 5.17 Å². The second-order valence-electron chi connectivity index (χ2n) is 3.95. The van der Waals surface area contributed by atoms with Gasteiger partial charge in [-0.25, -0.2) is 0 Å². The van der Waals surface area contributed by atoms with E-state index in [9.17, 15) is 14.9 Å². The lowest BCUT2D eigenvalue weighted by Crippen LogP contribution is -2.19. The number of amidine groups is 1. The molecule has 1 aromatic carbocycles. The van der Waals surface area contributed by atoms with Gasteiger partial charge < -0.3 is 9.73 Å². The largest absolute Gasteiger partial charge is 0.402 e. The third-order valence-electron chi connectivity index (χ3n) is 2.50. The Hall–Kier alpha value is -2.75. The molecule has 1 aliphatic rings. The second kappa shape index (κ2) is 5.32. The van der Waals surface area contributed by atoms with Crippen LogP contribution in [0.5, 0.6) is 0 Å². The van der Waals surface area contributed by atoms with Gasteiger partial charge in [-0.3, -0.25) is 14.9 Å². The summed E-state index contributed by atoms with van der Waals surface area (Å²) >= 11 is 1.23. The van der Waals surface area contributed by atoms with Crippen molar-refractivity contribution in [1.29, 1.82) is 0 Å². The zero-order valence-electron chi connectivity index (χ0n) is 10.3. The van der Waals surface area contributed by atoms with Gasteiger partial charge in [-0.05, 0) is 6.07 Å². The van der Waals surface area contributed by atoms with Crippen LogP contribution in [-0.4, -0.2) is 31.9 Å². The van der Waals surface area contributed by atoms with Crippen LogP contribution in [0.1, 0.15) is 0 Å². The maximum absolute atomic E-state index is 11.0. The molecule has 0 aliphatic carbocycles. The summed E-state index contributed by atoms with van der Waals surface area (Å²) < 4.78 is 5.30. The van der Waals surface area contributed by atoms with Crippen LogP contribution in [0.15, 0.2) is 33.7 Å². The van der Waals surface area contributed by atoms with Gasteiger partial charge in [0.05, 0.1) is 10.7 Å². The van der Waals surface area contributed by atoms with Crippen LogP contribution in [0.3, 0.4) is 0 Å². The van der Waals surface area contributed by atoms with E-state index >= 15 is 0 Å². The molecule has 0 bridgehead atoms. The summed E-state index contributed by atoms with van der Waals surface area (Å²) in [7, 11) is 0. The van der Waals surface area contributed by atoms with E-state index in [-0.39, 0.29) is 23.5 Å². The Kier molecular flexibility index (Phi) is 3.36. The van der Waals surface area contributed by atoms with Crippen molar-refractivity contribution < 1.29 is 14.1 Å². The number of nitro groups is 1. The highest BCUT2D eigenvalue weighted by atomic mass is 32.2. The van der Waals surface area contributed by atoms with Gasteiger partial charge in [-0.1, -0.05) is 22.9 Å². The summed E-state index contributed by atoms with van der Waals surface area (Å²) in [6.45, 7) is 0. The molecule has 2 aromatic rings. The van der Waals surface area contributed by atoms with Gasteiger partial charge in [0.25, 0.3) is 5.69 Å². The molecule has 0 saturated carbocycles. The first-order valence-electron chi connectivity index (χ1n) is 5.71. The smallest absolute Gasteiger partial charge is 0.345 e. The molecule has 1 N–H and O–H groups in total. The lowest BCUT2D eigenvalue weighted by molar-refractivity contribution is -0.384. The number of amides is 1. The molecule has 1 aliphatic heterocycles. The normalized spacial score (nSPS) is 16.2. The zero-order valence-corrected chi connectivity index (χ0v) is 11.2. The maximum Gasteiger partial charge on any atom is 0.345 e. The number of hydrogen-bond acceptors (Lipinski definition) is 8. The molecule has 1 aromatic heterocycles. The SMILES string of the molecule is O=C1CSC(=Nc2nnc(-c3cccc([N+](=O)[O-])c3)o2)N1. The lowest BCUT2D eigenvalue weighted by Gasteiger charge is -1.94. The Bertz CT molecular complexity index is 757. The molecule has 1 amide bonds. The molecular weight excluding hydrogens is 298 g/mol. The highest BCUT2D eigenvalue weighted by Gasteiger charge is 2.18. The predicted octanol–water partition coefficient (Wildman–Crippen LogP) is 1.50. The number of aliphatic imine (C=N–C) groups is 1. The van der Waals surface area contributed by atoms with Crippen LogP contribution in [0.2, 0.25) is 0 Å². The molecule has 1 fully saturated rings. The van der Waals surface area contributed by atoms with Crippen LogP contribution in [0.25, 0.3) is 11.5 Å². The Morgan fingerprint density at radius 2 is 2.29 bits per heavy atom. The number of nitrogens with one attached hydrogen (secondary N) is 1. The summed E-state index contributed by atoms with van der Waals surface area (Å²) in [6, 6.07) is 5.81. The number of non-ortho nitro benzene ring substituents is 1. The van der Waals surface area contributed by atoms with Crippen LogP contribution < -0.4 is 5.32 Å². The number of thioether (sulfide) groups is 1. The van der Waals surface area contributed by atoms with Gasteiger partial charge >= 0.3 is 6.01 Å². The third kappa shape index (κ3) is 2.89. The monoisotopic (exact) mass is 305 g/mol. The van der Waals surface area contributed by atoms with E-state index in [0.29, 0.717) is 16.5 Å². The molecule has 106 valence electrons. The molecular formula is C11H7N5O4S. The zero-order chi connectivity index (χ0) is 14.8. The van der Waals surface area contributed by atoms with E-state index in [4.69, 9.17) is 4.42 Å². The van der Waals surface area contributed by atoms with Crippen LogP contribution in [0, 0.1) is 10.1 Å². The fraction of sp³-hybridized carbons (Fsp3) is 0.0909. The fourth-order valence-electron chi connectivity index (χ4n) is 1.60. The van der Waals surface area contributed by atoms with Crippen LogP contribution >= 0.6 is 11.8 Å². The van der Waals surface area contributed by atoms with Gasteiger partial charge in [0.1, 0.15) is 0 Å². The molecule has 0 radical (unpaired) electrons. The summed E-state index contributed by atoms with van der Waals surface area (Å²) in [5.74, 6) is 0.273. The number of benzene rings is 1. The van der Waals surface area contributed by atoms with E-state index < -0.39 is 4.92 Å². The average Bonchev–Trinajstić information content (AvgIpc) is 3.09. The van der Waals surface area contributed by atoms with E-state index in [1.807, 2.05) is 0 Å². The standard InChI is InChI=1S/C11H7N5O4S/c17-8-5-21-11(12-8)13-10-15-14-9(20-10)6-2-1-3-7(4-6)16(18)19/h1-4H,5H2,(H,12,13,15,17). The fourth-order valence-corrected chi connectivity index (χ4v) is 2.27. The number of carbonyl (C=O) groups excluding carboxylic acids is 1. The molecule has 3 rings (SSSR count). The van der Waals surface area contributed by atoms with Crippen molar-refractivity contribution in [2.24, 2.45) is 4.99 Å². The third-order valence-corrected chi connectivity index (χ3v) is 3.38. The molecule has 10 heteroatoms. The predicted molar refractivity (Wildman–Crippen MR) is 74.1 cm³/mol. The maximum atomic E-state index is 11.0. The van der Waals surface area contributed by atoms with Gasteiger partial charge in [0, 0.05) is 17.7 Å². The molecule has 0 unspecified atom stereocenters. The van der Waals surface area contributed by atoms with Crippen molar-refractivity contribution in [2.75, 3.05) is 5.75 Å². The minimum Gasteiger partial charge on any atom is -0.402 e. The number of carbonyl (C=O) groups is 1. The number of rotatable bonds is 3. The molecule has 9 nitrogen and oxygen atoms in total. The number of nitrogens with zero attached hydrogens (tertiary/aromatic N) is 4. The Morgan fingerprint density at radius 1 is 1.43 bits per heavy atom. The number of hydrogen-bond donors (Lipinski definition) is 1. The van der Waals surface area contributed by atoms with Gasteiger partial charge in [-0.15, -0.1) is 5.10 Å². The van der Waals surface area contributed by atoms with E-state index in [1.165, 1.54) is 30.0 Å². The first-order valence-corrected chi connectivity index (χ1v) is 6.70. The summed E-state index contributed by atoms with van der Waals surface area (Å²) in [4.78, 5) is 25.2. The van der Waals surface area contributed by atoms with Crippen molar-refractivity contribution in [3.05, 3.63) is 34.4 Å². The van der Waals surface area contributed by atoms with E-state index in [1.54, 1.807) is 6.07 Å². The highest BCUT2D eigenvalue weighted by Crippen LogP contribution is 2.25. The minimum atomic E-state index is -0.508. The summed E-state index contributed by atoms with van der Waals surface area (Å²) in [5, 5.41) is 21.1. The lowest BCUT2D eigenvalue weighted by atomic mass is 10.2. The number of aromatic nitrogens is 2. The molecule has 2 heterocycles. The average molecular weight is 305 g/mol. The Labute approximate surface area is 121 Å². The van der Waals surface area contributed by atoms with E-state index in [0.717, 1.165) is 0 Å². The first-order chi connectivity index (χ1) is 10.1. The highest BCUT2D eigenvalue weighted by molar-refractivity contribution is 8.15. The Balaban J connectivity index is 1.86. The summed E-state index contributed by atoms with van der Waals surface area (Å²) in [6.07, 6.45) is 0. The molecule has 1 saturated heterocycles. The van der Waals surface area contributed by atoms with E-state index in [2.05, 4.69) is 20.5 Å². The van der Waals surface area contributed by atoms with Crippen molar-refractivity contribution in [3.63, 3.8) is 0 Å². The van der Waals surface area contributed by atoms with Crippen molar-refractivity contribution in [1.82, 2.24) is 15.5 Å². The first kappa shape index (κ1) is 13.2.